The third-order valence-corrected chi connectivity index (χ3v) is 6.67. The summed E-state index contributed by atoms with van der Waals surface area (Å²) in [6.45, 7) is 5.34. The normalized spacial score (nSPS) is 11.6. The molecule has 0 radical (unpaired) electrons. The number of nitrogens with one attached hydrogen (secondary N) is 2. The van der Waals surface area contributed by atoms with Gasteiger partial charge in [-0.3, -0.25) is 4.79 Å². The SMILES string of the molecule is CC(C)(C)NS(=O)(=O)c1ccc(NC(=O)c2cc(-c3ccccc3)nc3ccccc23)cc1.Cl. The number of carbonyl (C=O) groups excluding carboxylic acids is 1. The summed E-state index contributed by atoms with van der Waals surface area (Å²) < 4.78 is 27.6. The molecule has 34 heavy (non-hydrogen) atoms. The zero-order chi connectivity index (χ0) is 23.6. The molecular formula is C26H26ClN3O3S. The maximum atomic E-state index is 13.2. The molecule has 0 aliphatic heterocycles. The minimum absolute atomic E-state index is 0. The van der Waals surface area contributed by atoms with Crippen molar-refractivity contribution in [3.63, 3.8) is 0 Å². The van der Waals surface area contributed by atoms with Crippen molar-refractivity contribution in [2.45, 2.75) is 31.2 Å². The zero-order valence-electron chi connectivity index (χ0n) is 19.1. The number of sulfonamides is 1. The van der Waals surface area contributed by atoms with E-state index < -0.39 is 15.6 Å². The number of anilines is 1. The molecule has 3 aromatic carbocycles. The van der Waals surface area contributed by atoms with E-state index in [0.29, 0.717) is 16.9 Å². The highest BCUT2D eigenvalue weighted by Crippen LogP contribution is 2.26. The second kappa shape index (κ2) is 9.93. The summed E-state index contributed by atoms with van der Waals surface area (Å²) in [6, 6.07) is 25.1. The number of rotatable bonds is 5. The van der Waals surface area contributed by atoms with Gasteiger partial charge in [-0.25, -0.2) is 18.1 Å². The maximum Gasteiger partial charge on any atom is 0.256 e. The summed E-state index contributed by atoms with van der Waals surface area (Å²) in [5.74, 6) is -0.297. The van der Waals surface area contributed by atoms with Crippen molar-refractivity contribution >= 4 is 44.9 Å². The summed E-state index contributed by atoms with van der Waals surface area (Å²) in [5, 5.41) is 3.61. The van der Waals surface area contributed by atoms with Gasteiger partial charge in [-0.1, -0.05) is 48.5 Å². The van der Waals surface area contributed by atoms with Crippen molar-refractivity contribution in [1.29, 1.82) is 0 Å². The summed E-state index contributed by atoms with van der Waals surface area (Å²) in [5.41, 5.74) is 2.73. The van der Waals surface area contributed by atoms with E-state index in [2.05, 4.69) is 10.0 Å². The van der Waals surface area contributed by atoms with Gasteiger partial charge in [-0.05, 0) is 57.2 Å². The van der Waals surface area contributed by atoms with Gasteiger partial charge >= 0.3 is 0 Å². The number of halogens is 1. The number of fused-ring (bicyclic) bond motifs is 1. The number of carbonyl (C=O) groups is 1. The highest BCUT2D eigenvalue weighted by atomic mass is 35.5. The minimum Gasteiger partial charge on any atom is -0.322 e. The molecule has 0 bridgehead atoms. The fourth-order valence-electron chi connectivity index (χ4n) is 3.50. The Bertz CT molecular complexity index is 1420. The smallest absolute Gasteiger partial charge is 0.256 e. The van der Waals surface area contributed by atoms with Crippen molar-refractivity contribution in [3.05, 3.63) is 90.5 Å². The average molecular weight is 496 g/mol. The number of aromatic nitrogens is 1. The lowest BCUT2D eigenvalue weighted by Crippen LogP contribution is -2.40. The molecule has 1 amide bonds. The predicted molar refractivity (Wildman–Crippen MR) is 139 cm³/mol. The monoisotopic (exact) mass is 495 g/mol. The number of hydrogen-bond acceptors (Lipinski definition) is 4. The third-order valence-electron chi connectivity index (χ3n) is 4.89. The highest BCUT2D eigenvalue weighted by Gasteiger charge is 2.22. The van der Waals surface area contributed by atoms with E-state index in [0.717, 1.165) is 16.5 Å². The van der Waals surface area contributed by atoms with Crippen LogP contribution in [-0.2, 0) is 10.0 Å². The molecule has 4 rings (SSSR count). The van der Waals surface area contributed by atoms with E-state index in [1.807, 2.05) is 54.6 Å². The van der Waals surface area contributed by atoms with Gasteiger partial charge in [0.2, 0.25) is 10.0 Å². The maximum absolute atomic E-state index is 13.2. The molecule has 0 fully saturated rings. The van der Waals surface area contributed by atoms with E-state index >= 15 is 0 Å². The van der Waals surface area contributed by atoms with Crippen LogP contribution >= 0.6 is 12.4 Å². The van der Waals surface area contributed by atoms with Gasteiger partial charge in [0.25, 0.3) is 5.91 Å². The van der Waals surface area contributed by atoms with Crippen LogP contribution in [0.1, 0.15) is 31.1 Å². The molecule has 0 saturated carbocycles. The molecule has 6 nitrogen and oxygen atoms in total. The largest absolute Gasteiger partial charge is 0.322 e. The fourth-order valence-corrected chi connectivity index (χ4v) is 4.92. The molecule has 0 aliphatic rings. The zero-order valence-corrected chi connectivity index (χ0v) is 20.7. The molecular weight excluding hydrogens is 470 g/mol. The number of hydrogen-bond donors (Lipinski definition) is 2. The molecule has 0 spiro atoms. The van der Waals surface area contributed by atoms with Crippen LogP contribution in [0.2, 0.25) is 0 Å². The number of amides is 1. The van der Waals surface area contributed by atoms with Crippen molar-refractivity contribution in [1.82, 2.24) is 9.71 Å². The van der Waals surface area contributed by atoms with Crippen LogP contribution in [0.25, 0.3) is 22.2 Å². The summed E-state index contributed by atoms with van der Waals surface area (Å²) in [4.78, 5) is 18.1. The Morgan fingerprint density at radius 3 is 2.12 bits per heavy atom. The Labute approximate surface area is 205 Å². The number of benzene rings is 3. The standard InChI is InChI=1S/C26H25N3O3S.ClH/c1-26(2,3)29-33(31,32)20-15-13-19(14-16-20)27-25(30)22-17-24(18-9-5-4-6-10-18)28-23-12-8-7-11-21(22)23;/h4-17,29H,1-3H3,(H,27,30);1H. The lowest BCUT2D eigenvalue weighted by atomic mass is 10.0. The molecule has 2 N–H and O–H groups in total. The van der Waals surface area contributed by atoms with Crippen molar-refractivity contribution in [2.24, 2.45) is 0 Å². The Morgan fingerprint density at radius 2 is 1.47 bits per heavy atom. The Balaban J connectivity index is 0.00000324. The van der Waals surface area contributed by atoms with Gasteiger partial charge in [-0.2, -0.15) is 0 Å². The first-order valence-electron chi connectivity index (χ1n) is 10.5. The molecule has 0 aliphatic carbocycles. The van der Waals surface area contributed by atoms with Crippen LogP contribution in [-0.4, -0.2) is 24.8 Å². The summed E-state index contributed by atoms with van der Waals surface area (Å²) >= 11 is 0. The molecule has 8 heteroatoms. The molecule has 0 unspecified atom stereocenters. The first-order chi connectivity index (χ1) is 15.6. The highest BCUT2D eigenvalue weighted by molar-refractivity contribution is 7.89. The van der Waals surface area contributed by atoms with Gasteiger partial charge < -0.3 is 5.32 Å². The van der Waals surface area contributed by atoms with Crippen LogP contribution in [0.3, 0.4) is 0 Å². The lowest BCUT2D eigenvalue weighted by Gasteiger charge is -2.20. The van der Waals surface area contributed by atoms with Crippen LogP contribution < -0.4 is 10.0 Å². The van der Waals surface area contributed by atoms with Gasteiger partial charge in [0, 0.05) is 22.2 Å². The Morgan fingerprint density at radius 1 is 0.853 bits per heavy atom. The van der Waals surface area contributed by atoms with Crippen LogP contribution in [0.15, 0.2) is 89.8 Å². The lowest BCUT2D eigenvalue weighted by molar-refractivity contribution is 0.102. The average Bonchev–Trinajstić information content (AvgIpc) is 2.77. The van der Waals surface area contributed by atoms with E-state index in [4.69, 9.17) is 4.98 Å². The minimum atomic E-state index is -3.65. The quantitative estimate of drug-likeness (QED) is 0.374. The van der Waals surface area contributed by atoms with Gasteiger partial charge in [-0.15, -0.1) is 12.4 Å². The fraction of sp³-hybridized carbons (Fsp3) is 0.154. The number of para-hydroxylation sites is 1. The predicted octanol–water partition coefficient (Wildman–Crippen LogP) is 5.65. The topological polar surface area (TPSA) is 88.2 Å². The van der Waals surface area contributed by atoms with Crippen molar-refractivity contribution < 1.29 is 13.2 Å². The third kappa shape index (κ3) is 5.80. The number of pyridine rings is 1. The van der Waals surface area contributed by atoms with E-state index in [1.54, 1.807) is 39.0 Å². The second-order valence-electron chi connectivity index (χ2n) is 8.77. The first-order valence-corrected chi connectivity index (χ1v) is 12.0. The van der Waals surface area contributed by atoms with E-state index in [9.17, 15) is 13.2 Å². The van der Waals surface area contributed by atoms with Crippen LogP contribution in [0.4, 0.5) is 5.69 Å². The van der Waals surface area contributed by atoms with Crippen molar-refractivity contribution in [3.8, 4) is 11.3 Å². The molecule has 0 saturated heterocycles. The molecule has 176 valence electrons. The molecule has 0 atom stereocenters. The first kappa shape index (κ1) is 25.4. The van der Waals surface area contributed by atoms with Crippen molar-refractivity contribution in [2.75, 3.05) is 5.32 Å². The second-order valence-corrected chi connectivity index (χ2v) is 10.5. The van der Waals surface area contributed by atoms with Gasteiger partial charge in [0.15, 0.2) is 0 Å². The summed E-state index contributed by atoms with van der Waals surface area (Å²) in [6.07, 6.45) is 0. The summed E-state index contributed by atoms with van der Waals surface area (Å²) in [7, 11) is -3.65. The van der Waals surface area contributed by atoms with Crippen LogP contribution in [0.5, 0.6) is 0 Å². The van der Waals surface area contributed by atoms with Gasteiger partial charge in [0.05, 0.1) is 21.7 Å². The molecule has 4 aromatic rings. The Hall–Kier alpha value is -3.26. The Kier molecular flexibility index (Phi) is 7.41. The van der Waals surface area contributed by atoms with E-state index in [-0.39, 0.29) is 23.2 Å². The van der Waals surface area contributed by atoms with Gasteiger partial charge in [0.1, 0.15) is 0 Å². The number of nitrogens with zero attached hydrogens (tertiary/aromatic N) is 1. The van der Waals surface area contributed by atoms with E-state index in [1.165, 1.54) is 12.1 Å². The van der Waals surface area contributed by atoms with Crippen LogP contribution in [0, 0.1) is 0 Å². The molecule has 1 heterocycles. The molecule has 1 aromatic heterocycles.